The second-order valence-corrected chi connectivity index (χ2v) is 8.33. The standard InChI is InChI=1S/C24H31FN4O4/c1-15-12-26-16(2)14-33-21-10-9-17(11-18(21)23(30)29(3)13-22(15)32-4)27-24(31)28-20-8-6-5-7-19(20)25/h5-11,15-16,22,26H,12-14H2,1-4H3,(H2,27,28,31)/t15-,16+,22+/m0/s1. The Morgan fingerprint density at radius 2 is 1.97 bits per heavy atom. The predicted octanol–water partition coefficient (Wildman–Crippen LogP) is 3.56. The average Bonchev–Trinajstić information content (AvgIpc) is 2.80. The molecule has 0 spiro atoms. The summed E-state index contributed by atoms with van der Waals surface area (Å²) in [6.07, 6.45) is -0.143. The second-order valence-electron chi connectivity index (χ2n) is 8.33. The molecule has 33 heavy (non-hydrogen) atoms. The van der Waals surface area contributed by atoms with Crippen molar-refractivity contribution < 1.29 is 23.5 Å². The van der Waals surface area contributed by atoms with Crippen molar-refractivity contribution in [1.29, 1.82) is 0 Å². The second kappa shape index (κ2) is 11.1. The molecule has 8 nitrogen and oxygen atoms in total. The molecule has 9 heteroatoms. The minimum atomic E-state index is -0.624. The van der Waals surface area contributed by atoms with Crippen LogP contribution >= 0.6 is 0 Å². The van der Waals surface area contributed by atoms with Gasteiger partial charge in [-0.15, -0.1) is 0 Å². The number of para-hydroxylation sites is 1. The molecule has 2 aromatic carbocycles. The van der Waals surface area contributed by atoms with E-state index in [0.717, 1.165) is 6.54 Å². The first-order valence-corrected chi connectivity index (χ1v) is 10.9. The van der Waals surface area contributed by atoms with Crippen molar-refractivity contribution in [2.75, 3.05) is 44.5 Å². The summed E-state index contributed by atoms with van der Waals surface area (Å²) in [6, 6.07) is 10.2. The maximum absolute atomic E-state index is 13.8. The molecule has 0 bridgehead atoms. The topological polar surface area (TPSA) is 91.9 Å². The maximum atomic E-state index is 13.8. The van der Waals surface area contributed by atoms with E-state index in [1.165, 1.54) is 18.2 Å². The van der Waals surface area contributed by atoms with Crippen LogP contribution in [0.2, 0.25) is 0 Å². The lowest BCUT2D eigenvalue weighted by Crippen LogP contribution is -2.44. The van der Waals surface area contributed by atoms with E-state index in [1.807, 2.05) is 6.92 Å². The molecule has 0 unspecified atom stereocenters. The van der Waals surface area contributed by atoms with E-state index in [9.17, 15) is 14.0 Å². The molecule has 3 atom stereocenters. The van der Waals surface area contributed by atoms with Gasteiger partial charge in [0.25, 0.3) is 5.91 Å². The van der Waals surface area contributed by atoms with Gasteiger partial charge in [-0.2, -0.15) is 0 Å². The van der Waals surface area contributed by atoms with Crippen LogP contribution in [0.1, 0.15) is 24.2 Å². The van der Waals surface area contributed by atoms with Crippen LogP contribution in [0.15, 0.2) is 42.5 Å². The largest absolute Gasteiger partial charge is 0.491 e. The third kappa shape index (κ3) is 6.43. The molecule has 0 aliphatic carbocycles. The number of carbonyl (C=O) groups excluding carboxylic acids is 2. The van der Waals surface area contributed by atoms with Crippen LogP contribution in [0, 0.1) is 11.7 Å². The lowest BCUT2D eigenvalue weighted by atomic mass is 10.0. The zero-order valence-corrected chi connectivity index (χ0v) is 19.4. The summed E-state index contributed by atoms with van der Waals surface area (Å²) in [7, 11) is 3.35. The molecule has 3 amide bonds. The Kier molecular flexibility index (Phi) is 8.24. The molecule has 0 saturated carbocycles. The SMILES string of the molecule is CO[C@@H]1CN(C)C(=O)c2cc(NC(=O)Nc3ccccc3F)ccc2OC[C@@H](C)NC[C@@H]1C. The Bertz CT molecular complexity index is 987. The molecule has 1 aliphatic rings. The number of likely N-dealkylation sites (N-methyl/N-ethyl adjacent to an activating group) is 1. The van der Waals surface area contributed by atoms with Gasteiger partial charge in [-0.25, -0.2) is 9.18 Å². The molecule has 0 fully saturated rings. The number of anilines is 2. The fourth-order valence-corrected chi connectivity index (χ4v) is 3.59. The molecule has 0 aromatic heterocycles. The normalized spacial score (nSPS) is 21.8. The minimum absolute atomic E-state index is 0.0571. The van der Waals surface area contributed by atoms with Gasteiger partial charge in [-0.3, -0.25) is 4.79 Å². The first kappa shape index (κ1) is 24.5. The van der Waals surface area contributed by atoms with Crippen molar-refractivity contribution in [1.82, 2.24) is 10.2 Å². The van der Waals surface area contributed by atoms with E-state index < -0.39 is 11.8 Å². The van der Waals surface area contributed by atoms with Crippen molar-refractivity contribution in [2.24, 2.45) is 5.92 Å². The molecular formula is C24H31FN4O4. The maximum Gasteiger partial charge on any atom is 0.323 e. The Morgan fingerprint density at radius 3 is 2.70 bits per heavy atom. The number of rotatable bonds is 3. The molecule has 1 heterocycles. The van der Waals surface area contributed by atoms with Crippen molar-refractivity contribution in [3.63, 3.8) is 0 Å². The number of benzene rings is 2. The first-order chi connectivity index (χ1) is 15.8. The fraction of sp³-hybridized carbons (Fsp3) is 0.417. The number of amides is 3. The van der Waals surface area contributed by atoms with E-state index in [1.54, 1.807) is 43.3 Å². The number of nitrogens with zero attached hydrogens (tertiary/aromatic N) is 1. The number of hydrogen-bond acceptors (Lipinski definition) is 5. The Balaban J connectivity index is 1.83. The molecule has 3 N–H and O–H groups in total. The van der Waals surface area contributed by atoms with Gasteiger partial charge in [0.2, 0.25) is 0 Å². The smallest absolute Gasteiger partial charge is 0.323 e. The van der Waals surface area contributed by atoms with Gasteiger partial charge < -0.3 is 30.3 Å². The summed E-state index contributed by atoms with van der Waals surface area (Å²) >= 11 is 0. The van der Waals surface area contributed by atoms with Crippen molar-refractivity contribution in [3.05, 3.63) is 53.8 Å². The van der Waals surface area contributed by atoms with Crippen LogP contribution in [0.3, 0.4) is 0 Å². The lowest BCUT2D eigenvalue weighted by Gasteiger charge is -2.30. The number of nitrogens with one attached hydrogen (secondary N) is 3. The van der Waals surface area contributed by atoms with Crippen LogP contribution in [0.4, 0.5) is 20.6 Å². The number of carbonyl (C=O) groups is 2. The molecule has 178 valence electrons. The van der Waals surface area contributed by atoms with Crippen molar-refractivity contribution in [3.8, 4) is 5.75 Å². The van der Waals surface area contributed by atoms with Gasteiger partial charge >= 0.3 is 6.03 Å². The van der Waals surface area contributed by atoms with Crippen LogP contribution in [0.5, 0.6) is 5.75 Å². The first-order valence-electron chi connectivity index (χ1n) is 10.9. The summed E-state index contributed by atoms with van der Waals surface area (Å²) in [6.45, 7) is 5.59. The number of urea groups is 1. The highest BCUT2D eigenvalue weighted by Crippen LogP contribution is 2.26. The number of halogens is 1. The third-order valence-corrected chi connectivity index (χ3v) is 5.60. The monoisotopic (exact) mass is 458 g/mol. The summed E-state index contributed by atoms with van der Waals surface area (Å²) < 4.78 is 25.4. The molecule has 0 radical (unpaired) electrons. The number of methoxy groups -OCH3 is 1. The summed E-state index contributed by atoms with van der Waals surface area (Å²) in [5.74, 6) is -0.191. The number of ether oxygens (including phenoxy) is 2. The summed E-state index contributed by atoms with van der Waals surface area (Å²) in [5, 5.41) is 8.54. The number of fused-ring (bicyclic) bond motifs is 1. The highest BCUT2D eigenvalue weighted by Gasteiger charge is 2.25. The van der Waals surface area contributed by atoms with Crippen LogP contribution in [-0.4, -0.2) is 62.8 Å². The van der Waals surface area contributed by atoms with E-state index in [0.29, 0.717) is 30.2 Å². The highest BCUT2D eigenvalue weighted by molar-refractivity contribution is 6.02. The quantitative estimate of drug-likeness (QED) is 0.654. The van der Waals surface area contributed by atoms with Gasteiger partial charge in [0.05, 0.1) is 17.4 Å². The molecule has 1 aliphatic heterocycles. The van der Waals surface area contributed by atoms with Gasteiger partial charge in [0.1, 0.15) is 18.2 Å². The van der Waals surface area contributed by atoms with Gasteiger partial charge in [0.15, 0.2) is 0 Å². The van der Waals surface area contributed by atoms with E-state index >= 15 is 0 Å². The molecule has 0 saturated heterocycles. The number of hydrogen-bond donors (Lipinski definition) is 3. The summed E-state index contributed by atoms with van der Waals surface area (Å²) in [5.41, 5.74) is 0.751. The molecule has 2 aromatic rings. The van der Waals surface area contributed by atoms with E-state index in [4.69, 9.17) is 9.47 Å². The Labute approximate surface area is 193 Å². The zero-order valence-electron chi connectivity index (χ0n) is 19.4. The van der Waals surface area contributed by atoms with E-state index in [-0.39, 0.29) is 29.7 Å². The fourth-order valence-electron chi connectivity index (χ4n) is 3.59. The van der Waals surface area contributed by atoms with Crippen molar-refractivity contribution >= 4 is 23.3 Å². The third-order valence-electron chi connectivity index (χ3n) is 5.60. The Hall–Kier alpha value is -3.17. The Morgan fingerprint density at radius 1 is 1.21 bits per heavy atom. The van der Waals surface area contributed by atoms with Crippen molar-refractivity contribution in [2.45, 2.75) is 26.0 Å². The molecule has 3 rings (SSSR count). The predicted molar refractivity (Wildman–Crippen MR) is 125 cm³/mol. The van der Waals surface area contributed by atoms with Gasteiger partial charge in [-0.1, -0.05) is 19.1 Å². The summed E-state index contributed by atoms with van der Waals surface area (Å²) in [4.78, 5) is 27.2. The van der Waals surface area contributed by atoms with Gasteiger partial charge in [0, 0.05) is 39.0 Å². The highest BCUT2D eigenvalue weighted by atomic mass is 19.1. The van der Waals surface area contributed by atoms with Gasteiger partial charge in [-0.05, 0) is 43.2 Å². The van der Waals surface area contributed by atoms with Crippen LogP contribution in [0.25, 0.3) is 0 Å². The lowest BCUT2D eigenvalue weighted by molar-refractivity contribution is 0.0281. The van der Waals surface area contributed by atoms with Crippen LogP contribution in [-0.2, 0) is 4.74 Å². The zero-order chi connectivity index (χ0) is 24.0. The minimum Gasteiger partial charge on any atom is -0.491 e. The van der Waals surface area contributed by atoms with E-state index in [2.05, 4.69) is 22.9 Å². The average molecular weight is 459 g/mol. The van der Waals surface area contributed by atoms with Crippen LogP contribution < -0.4 is 20.7 Å². The molecular weight excluding hydrogens is 427 g/mol.